The van der Waals surface area contributed by atoms with Crippen molar-refractivity contribution in [2.75, 3.05) is 4.90 Å². The van der Waals surface area contributed by atoms with E-state index in [9.17, 15) is 0 Å². The topological polar surface area (TPSA) is 24.3 Å². The third-order valence-corrected chi connectivity index (χ3v) is 4.86. The van der Waals surface area contributed by atoms with Crippen molar-refractivity contribution in [3.05, 3.63) is 59.7 Å². The highest BCUT2D eigenvalue weighted by atomic mass is 15.4. The molecule has 4 heteroatoms. The fourth-order valence-electron chi connectivity index (χ4n) is 3.63. The Morgan fingerprint density at radius 1 is 1.09 bits per heavy atom. The molecule has 0 saturated heterocycles. The van der Waals surface area contributed by atoms with Gasteiger partial charge in [-0.1, -0.05) is 18.2 Å². The van der Waals surface area contributed by atoms with Gasteiger partial charge in [0.1, 0.15) is 6.17 Å². The van der Waals surface area contributed by atoms with Crippen LogP contribution in [0.4, 0.5) is 5.69 Å². The van der Waals surface area contributed by atoms with E-state index < -0.39 is 0 Å². The molecule has 1 aromatic heterocycles. The molecule has 0 unspecified atom stereocenters. The quantitative estimate of drug-likeness (QED) is 0.859. The lowest BCUT2D eigenvalue weighted by Gasteiger charge is -2.41. The van der Waals surface area contributed by atoms with Crippen molar-refractivity contribution in [3.63, 3.8) is 0 Å². The van der Waals surface area contributed by atoms with Gasteiger partial charge in [-0.05, 0) is 52.3 Å². The van der Waals surface area contributed by atoms with Crippen molar-refractivity contribution in [2.45, 2.75) is 46.3 Å². The molecule has 0 spiro atoms. The van der Waals surface area contributed by atoms with Gasteiger partial charge < -0.3 is 9.80 Å². The first-order valence-electron chi connectivity index (χ1n) is 8.14. The highest BCUT2D eigenvalue weighted by Gasteiger charge is 2.37. The van der Waals surface area contributed by atoms with Gasteiger partial charge in [0.2, 0.25) is 0 Å². The van der Waals surface area contributed by atoms with Crippen LogP contribution in [0.2, 0.25) is 0 Å². The SMILES string of the molecule is Cc1cc(C(C)(C)N2C=CN(c3ccccc3C)[C@H]2C)n(C)n1. The Kier molecular flexibility index (Phi) is 3.71. The predicted octanol–water partition coefficient (Wildman–Crippen LogP) is 3.91. The largest absolute Gasteiger partial charge is 0.345 e. The number of nitrogens with zero attached hydrogens (tertiary/aromatic N) is 4. The molecule has 0 bridgehead atoms. The Bertz CT molecular complexity index is 742. The molecule has 0 saturated carbocycles. The molecule has 0 aliphatic carbocycles. The Balaban J connectivity index is 1.93. The van der Waals surface area contributed by atoms with Gasteiger partial charge in [-0.3, -0.25) is 4.68 Å². The molecule has 0 N–H and O–H groups in total. The van der Waals surface area contributed by atoms with E-state index in [-0.39, 0.29) is 11.7 Å². The fraction of sp³-hybridized carbons (Fsp3) is 0.421. The maximum absolute atomic E-state index is 4.52. The predicted molar refractivity (Wildman–Crippen MR) is 95.1 cm³/mol. The van der Waals surface area contributed by atoms with Crippen LogP contribution in [-0.2, 0) is 12.6 Å². The summed E-state index contributed by atoms with van der Waals surface area (Å²) in [6.07, 6.45) is 4.62. The molecule has 0 amide bonds. The second-order valence-electron chi connectivity index (χ2n) is 6.88. The van der Waals surface area contributed by atoms with Crippen LogP contribution in [-0.4, -0.2) is 20.8 Å². The minimum atomic E-state index is -0.136. The number of hydrogen-bond donors (Lipinski definition) is 0. The van der Waals surface area contributed by atoms with Gasteiger partial charge in [-0.2, -0.15) is 5.10 Å². The van der Waals surface area contributed by atoms with Crippen LogP contribution in [0, 0.1) is 13.8 Å². The van der Waals surface area contributed by atoms with E-state index in [0.29, 0.717) is 0 Å². The van der Waals surface area contributed by atoms with Crippen LogP contribution in [0.5, 0.6) is 0 Å². The summed E-state index contributed by atoms with van der Waals surface area (Å²) >= 11 is 0. The second kappa shape index (κ2) is 5.44. The molecule has 1 aliphatic rings. The van der Waals surface area contributed by atoms with E-state index in [4.69, 9.17) is 0 Å². The van der Waals surface area contributed by atoms with Gasteiger partial charge in [0.15, 0.2) is 0 Å². The lowest BCUT2D eigenvalue weighted by molar-refractivity contribution is 0.143. The molecule has 23 heavy (non-hydrogen) atoms. The minimum Gasteiger partial charge on any atom is -0.345 e. The number of aryl methyl sites for hydroxylation is 3. The third kappa shape index (κ3) is 2.52. The molecule has 122 valence electrons. The molecular formula is C19H26N4. The zero-order chi connectivity index (χ0) is 16.8. The van der Waals surface area contributed by atoms with Crippen LogP contribution >= 0.6 is 0 Å². The van der Waals surface area contributed by atoms with E-state index >= 15 is 0 Å². The number of benzene rings is 1. The summed E-state index contributed by atoms with van der Waals surface area (Å²) < 4.78 is 1.99. The number of aromatic nitrogens is 2. The summed E-state index contributed by atoms with van der Waals surface area (Å²) in [5, 5.41) is 4.52. The Hall–Kier alpha value is -2.23. The van der Waals surface area contributed by atoms with Gasteiger partial charge in [-0.15, -0.1) is 0 Å². The average Bonchev–Trinajstić information content (AvgIpc) is 3.03. The molecule has 1 atom stereocenters. The maximum Gasteiger partial charge on any atom is 0.103 e. The number of para-hydroxylation sites is 1. The average molecular weight is 310 g/mol. The Morgan fingerprint density at radius 2 is 1.78 bits per heavy atom. The van der Waals surface area contributed by atoms with E-state index in [2.05, 4.69) is 85.3 Å². The van der Waals surface area contributed by atoms with E-state index in [0.717, 1.165) is 5.69 Å². The van der Waals surface area contributed by atoms with Crippen molar-refractivity contribution < 1.29 is 0 Å². The van der Waals surface area contributed by atoms with Crippen LogP contribution < -0.4 is 4.90 Å². The fourth-order valence-corrected chi connectivity index (χ4v) is 3.63. The van der Waals surface area contributed by atoms with Crippen molar-refractivity contribution >= 4 is 5.69 Å². The Labute approximate surface area is 139 Å². The van der Waals surface area contributed by atoms with Crippen molar-refractivity contribution in [1.29, 1.82) is 0 Å². The first kappa shape index (κ1) is 15.7. The van der Waals surface area contributed by atoms with Gasteiger partial charge in [-0.25, -0.2) is 0 Å². The zero-order valence-corrected chi connectivity index (χ0v) is 14.9. The van der Waals surface area contributed by atoms with E-state index in [1.165, 1.54) is 16.9 Å². The molecule has 1 aromatic carbocycles. The highest BCUT2D eigenvalue weighted by molar-refractivity contribution is 5.57. The monoisotopic (exact) mass is 310 g/mol. The summed E-state index contributed by atoms with van der Waals surface area (Å²) in [5.41, 5.74) is 4.69. The third-order valence-electron chi connectivity index (χ3n) is 4.86. The smallest absolute Gasteiger partial charge is 0.103 e. The lowest BCUT2D eigenvalue weighted by atomic mass is 9.97. The summed E-state index contributed by atoms with van der Waals surface area (Å²) in [6.45, 7) is 11.0. The summed E-state index contributed by atoms with van der Waals surface area (Å²) in [6, 6.07) is 10.7. The van der Waals surface area contributed by atoms with Crippen LogP contribution in [0.3, 0.4) is 0 Å². The zero-order valence-electron chi connectivity index (χ0n) is 14.9. The second-order valence-corrected chi connectivity index (χ2v) is 6.88. The molecule has 1 aliphatic heterocycles. The first-order valence-corrected chi connectivity index (χ1v) is 8.14. The standard InChI is InChI=1S/C19H26N4/c1-14-9-7-8-10-17(14)22-11-12-23(16(22)3)19(4,5)18-13-15(2)20-21(18)6/h7-13,16H,1-6H3/t16-/m1/s1. The van der Waals surface area contributed by atoms with Gasteiger partial charge in [0.25, 0.3) is 0 Å². The van der Waals surface area contributed by atoms with Crippen LogP contribution in [0.15, 0.2) is 42.7 Å². The molecule has 2 heterocycles. The molecule has 2 aromatic rings. The summed E-state index contributed by atoms with van der Waals surface area (Å²) in [7, 11) is 2.02. The first-order chi connectivity index (χ1) is 10.8. The molecular weight excluding hydrogens is 284 g/mol. The van der Waals surface area contributed by atoms with Crippen molar-refractivity contribution in [2.24, 2.45) is 7.05 Å². The van der Waals surface area contributed by atoms with Crippen molar-refractivity contribution in [1.82, 2.24) is 14.7 Å². The van der Waals surface area contributed by atoms with E-state index in [1.807, 2.05) is 18.7 Å². The van der Waals surface area contributed by atoms with Gasteiger partial charge >= 0.3 is 0 Å². The van der Waals surface area contributed by atoms with Gasteiger partial charge in [0.05, 0.1) is 16.9 Å². The van der Waals surface area contributed by atoms with Crippen molar-refractivity contribution in [3.8, 4) is 0 Å². The molecule has 3 rings (SSSR count). The number of rotatable bonds is 3. The summed E-state index contributed by atoms with van der Waals surface area (Å²) in [4.78, 5) is 4.73. The maximum atomic E-state index is 4.52. The summed E-state index contributed by atoms with van der Waals surface area (Å²) in [5.74, 6) is 0. The minimum absolute atomic E-state index is 0.136. The molecule has 0 radical (unpaired) electrons. The van der Waals surface area contributed by atoms with E-state index in [1.54, 1.807) is 0 Å². The number of anilines is 1. The van der Waals surface area contributed by atoms with Crippen LogP contribution in [0.25, 0.3) is 0 Å². The van der Waals surface area contributed by atoms with Crippen LogP contribution in [0.1, 0.15) is 37.7 Å². The van der Waals surface area contributed by atoms with Gasteiger partial charge in [0, 0.05) is 25.1 Å². The molecule has 4 nitrogen and oxygen atoms in total. The molecule has 0 fully saturated rings. The lowest BCUT2D eigenvalue weighted by Crippen LogP contribution is -2.47. The highest BCUT2D eigenvalue weighted by Crippen LogP contribution is 2.36. The number of hydrogen-bond acceptors (Lipinski definition) is 3. The normalized spacial score (nSPS) is 18.1. The Morgan fingerprint density at radius 3 is 2.39 bits per heavy atom.